The summed E-state index contributed by atoms with van der Waals surface area (Å²) in [7, 11) is 0. The Morgan fingerprint density at radius 1 is 1.42 bits per heavy atom. The molecule has 4 heteroatoms. The van der Waals surface area contributed by atoms with Crippen LogP contribution in [0.1, 0.15) is 5.56 Å². The molecule has 0 radical (unpaired) electrons. The van der Waals surface area contributed by atoms with Crippen molar-refractivity contribution < 1.29 is 4.55 Å². The number of rotatable bonds is 0. The number of benzene rings is 1. The summed E-state index contributed by atoms with van der Waals surface area (Å²) in [6.07, 6.45) is 1.83. The Morgan fingerprint density at radius 2 is 2.17 bits per heavy atom. The first-order chi connectivity index (χ1) is 5.68. The summed E-state index contributed by atoms with van der Waals surface area (Å²) in [6, 6.07) is 5.80. The molecule has 2 rings (SSSR count). The number of hydrogen-bond donors (Lipinski definition) is 3. The number of halogens is 1. The summed E-state index contributed by atoms with van der Waals surface area (Å²) < 4.78 is 10.6. The third-order valence-electron chi connectivity index (χ3n) is 1.77. The van der Waals surface area contributed by atoms with E-state index >= 15 is 0 Å². The van der Waals surface area contributed by atoms with Crippen LogP contribution >= 0.6 is 27.1 Å². The van der Waals surface area contributed by atoms with Crippen molar-refractivity contribution in [1.82, 2.24) is 0 Å². The number of fused-ring (bicyclic) bond motifs is 1. The van der Waals surface area contributed by atoms with Crippen LogP contribution in [0.15, 0.2) is 32.6 Å². The lowest BCUT2D eigenvalue weighted by Crippen LogP contribution is -1.92. The highest BCUT2D eigenvalue weighted by Crippen LogP contribution is 2.47. The van der Waals surface area contributed by atoms with E-state index in [2.05, 4.69) is 15.9 Å². The van der Waals surface area contributed by atoms with Gasteiger partial charge < -0.3 is 10.3 Å². The quantitative estimate of drug-likeness (QED) is 0.616. The Hall–Kier alpha value is -0.450. The maximum atomic E-state index is 9.62. The maximum absolute atomic E-state index is 9.62. The highest BCUT2D eigenvalue weighted by atomic mass is 79.9. The molecule has 0 amide bonds. The van der Waals surface area contributed by atoms with E-state index in [0.29, 0.717) is 5.03 Å². The van der Waals surface area contributed by atoms with Crippen LogP contribution in [0.25, 0.3) is 6.08 Å². The summed E-state index contributed by atoms with van der Waals surface area (Å²) in [5.41, 5.74) is 6.63. The van der Waals surface area contributed by atoms with Crippen LogP contribution in [0.2, 0.25) is 0 Å². The van der Waals surface area contributed by atoms with Crippen LogP contribution in [0.3, 0.4) is 0 Å². The Bertz CT molecular complexity index is 364. The minimum atomic E-state index is -1.25. The number of hydrogen-bond acceptors (Lipinski definition) is 2. The van der Waals surface area contributed by atoms with Crippen LogP contribution in [-0.4, -0.2) is 4.55 Å². The van der Waals surface area contributed by atoms with E-state index in [1.807, 2.05) is 24.3 Å². The standard InChI is InChI=1S/C8H8BrNOS/c9-6-2-1-5-3-8(10)12(11)7(5)4-6/h1-4,11-12H,10H2. The lowest BCUT2D eigenvalue weighted by molar-refractivity contribution is 0.652. The smallest absolute Gasteiger partial charge is 0.0727 e. The van der Waals surface area contributed by atoms with Crippen LogP contribution in [0, 0.1) is 0 Å². The predicted molar refractivity (Wildman–Crippen MR) is 56.2 cm³/mol. The highest BCUT2D eigenvalue weighted by molar-refractivity contribution is 9.10. The van der Waals surface area contributed by atoms with Crippen molar-refractivity contribution in [2.75, 3.05) is 0 Å². The fourth-order valence-electron chi connectivity index (χ4n) is 1.18. The van der Waals surface area contributed by atoms with Gasteiger partial charge in [0.05, 0.1) is 5.03 Å². The molecule has 0 fully saturated rings. The maximum Gasteiger partial charge on any atom is 0.0727 e. The van der Waals surface area contributed by atoms with Gasteiger partial charge in [0.2, 0.25) is 0 Å². The number of thiol groups is 1. The topological polar surface area (TPSA) is 46.2 Å². The van der Waals surface area contributed by atoms with Crippen molar-refractivity contribution >= 4 is 33.2 Å². The lowest BCUT2D eigenvalue weighted by Gasteiger charge is -2.10. The van der Waals surface area contributed by atoms with Gasteiger partial charge in [0.1, 0.15) is 0 Å². The Kier molecular flexibility index (Phi) is 1.90. The SMILES string of the molecule is NC1=Cc2ccc(Br)cc2[SH]1O. The van der Waals surface area contributed by atoms with Crippen LogP contribution in [0.4, 0.5) is 0 Å². The molecule has 12 heavy (non-hydrogen) atoms. The molecule has 1 aromatic rings. The fourth-order valence-corrected chi connectivity index (χ4v) is 2.90. The van der Waals surface area contributed by atoms with Gasteiger partial charge in [0.15, 0.2) is 0 Å². The Morgan fingerprint density at radius 3 is 2.92 bits per heavy atom. The molecule has 0 aliphatic carbocycles. The average Bonchev–Trinajstić information content (AvgIpc) is 2.31. The summed E-state index contributed by atoms with van der Waals surface area (Å²) in [5.74, 6) is 0. The van der Waals surface area contributed by atoms with Gasteiger partial charge in [0, 0.05) is 9.37 Å². The van der Waals surface area contributed by atoms with Gasteiger partial charge in [-0.15, -0.1) is 0 Å². The molecule has 1 unspecified atom stereocenters. The highest BCUT2D eigenvalue weighted by Gasteiger charge is 2.17. The van der Waals surface area contributed by atoms with Crippen molar-refractivity contribution in [3.8, 4) is 0 Å². The Labute approximate surface area is 81.8 Å². The molecule has 3 N–H and O–H groups in total. The van der Waals surface area contributed by atoms with E-state index in [1.54, 1.807) is 0 Å². The summed E-state index contributed by atoms with van der Waals surface area (Å²) in [5, 5.41) is 0.582. The molecular formula is C8H8BrNOS. The molecule has 1 aliphatic heterocycles. The van der Waals surface area contributed by atoms with E-state index in [9.17, 15) is 4.55 Å². The largest absolute Gasteiger partial charge is 0.393 e. The zero-order valence-corrected chi connectivity index (χ0v) is 8.64. The average molecular weight is 246 g/mol. The van der Waals surface area contributed by atoms with Gasteiger partial charge in [0.25, 0.3) is 0 Å². The van der Waals surface area contributed by atoms with Crippen LogP contribution in [0.5, 0.6) is 0 Å². The molecule has 0 saturated carbocycles. The molecular weight excluding hydrogens is 238 g/mol. The van der Waals surface area contributed by atoms with Crippen LogP contribution in [-0.2, 0) is 0 Å². The second kappa shape index (κ2) is 2.80. The predicted octanol–water partition coefficient (Wildman–Crippen LogP) is 2.55. The first kappa shape index (κ1) is 8.16. The first-order valence-electron chi connectivity index (χ1n) is 3.44. The molecule has 0 bridgehead atoms. The third-order valence-corrected chi connectivity index (χ3v) is 3.72. The van der Waals surface area contributed by atoms with Crippen molar-refractivity contribution in [3.05, 3.63) is 33.3 Å². The summed E-state index contributed by atoms with van der Waals surface area (Å²) in [6.45, 7) is 0. The summed E-state index contributed by atoms with van der Waals surface area (Å²) in [4.78, 5) is 0.942. The van der Waals surface area contributed by atoms with Gasteiger partial charge in [-0.1, -0.05) is 33.2 Å². The third kappa shape index (κ3) is 1.16. The van der Waals surface area contributed by atoms with Gasteiger partial charge in [-0.25, -0.2) is 0 Å². The fraction of sp³-hybridized carbons (Fsp3) is 0. The van der Waals surface area contributed by atoms with E-state index in [4.69, 9.17) is 5.73 Å². The van der Waals surface area contributed by atoms with Crippen molar-refractivity contribution in [2.24, 2.45) is 5.73 Å². The van der Waals surface area contributed by atoms with E-state index in [-0.39, 0.29) is 0 Å². The molecule has 0 saturated heterocycles. The molecule has 2 nitrogen and oxygen atoms in total. The van der Waals surface area contributed by atoms with E-state index in [1.165, 1.54) is 0 Å². The molecule has 1 aromatic carbocycles. The Balaban J connectivity index is 2.57. The second-order valence-electron chi connectivity index (χ2n) is 2.58. The van der Waals surface area contributed by atoms with Crippen molar-refractivity contribution in [3.63, 3.8) is 0 Å². The van der Waals surface area contributed by atoms with Crippen LogP contribution < -0.4 is 5.73 Å². The van der Waals surface area contributed by atoms with E-state index in [0.717, 1.165) is 14.9 Å². The minimum Gasteiger partial charge on any atom is -0.393 e. The second-order valence-corrected chi connectivity index (χ2v) is 5.12. The summed E-state index contributed by atoms with van der Waals surface area (Å²) >= 11 is 2.10. The number of nitrogens with two attached hydrogens (primary N) is 1. The lowest BCUT2D eigenvalue weighted by atomic mass is 10.2. The van der Waals surface area contributed by atoms with Gasteiger partial charge >= 0.3 is 0 Å². The zero-order chi connectivity index (χ0) is 8.72. The molecule has 0 spiro atoms. The molecule has 64 valence electrons. The molecule has 1 aliphatic rings. The normalized spacial score (nSPS) is 23.5. The minimum absolute atomic E-state index is 0.582. The van der Waals surface area contributed by atoms with Crippen molar-refractivity contribution in [2.45, 2.75) is 4.90 Å². The van der Waals surface area contributed by atoms with Gasteiger partial charge in [-0.2, -0.15) is 0 Å². The van der Waals surface area contributed by atoms with Crippen molar-refractivity contribution in [1.29, 1.82) is 0 Å². The molecule has 0 aromatic heterocycles. The van der Waals surface area contributed by atoms with Gasteiger partial charge in [-0.3, -0.25) is 0 Å². The molecule has 1 atom stereocenters. The monoisotopic (exact) mass is 245 g/mol. The zero-order valence-electron chi connectivity index (χ0n) is 6.16. The van der Waals surface area contributed by atoms with E-state index < -0.39 is 11.2 Å². The first-order valence-corrected chi connectivity index (χ1v) is 5.53. The van der Waals surface area contributed by atoms with Gasteiger partial charge in [-0.05, 0) is 23.8 Å². The molecule has 1 heterocycles.